The van der Waals surface area contributed by atoms with Gasteiger partial charge in [-0.25, -0.2) is 0 Å². The number of anilines is 1. The summed E-state index contributed by atoms with van der Waals surface area (Å²) < 4.78 is 0. The molecule has 0 bridgehead atoms. The van der Waals surface area contributed by atoms with Gasteiger partial charge in [0.1, 0.15) is 0 Å². The Hall–Kier alpha value is -0.110. The Bertz CT molecular complexity index is 427. The minimum atomic E-state index is 0.511. The first kappa shape index (κ1) is 12.0. The number of rotatable bonds is 4. The molecule has 0 heterocycles. The quantitative estimate of drug-likeness (QED) is 0.747. The van der Waals surface area contributed by atoms with Gasteiger partial charge in [-0.05, 0) is 49.7 Å². The molecule has 1 nitrogen and oxygen atoms in total. The molecule has 1 N–H and O–H groups in total. The van der Waals surface area contributed by atoms with Crippen LogP contribution in [0.25, 0.3) is 0 Å². The molecule has 17 heavy (non-hydrogen) atoms. The zero-order chi connectivity index (χ0) is 12.0. The number of benzene rings is 1. The molecule has 4 heteroatoms. The molecule has 0 radical (unpaired) electrons. The van der Waals surface area contributed by atoms with Gasteiger partial charge in [0.15, 0.2) is 0 Å². The highest BCUT2D eigenvalue weighted by molar-refractivity contribution is 6.44. The fourth-order valence-corrected chi connectivity index (χ4v) is 2.95. The van der Waals surface area contributed by atoms with Crippen LogP contribution in [0, 0.1) is 11.8 Å². The second-order valence-electron chi connectivity index (χ2n) is 5.09. The standard InChI is InChI=1S/C13H14Cl3N/c14-9-5-11(16)12(6-10(9)15)17-13(7-1-2-7)8-3-4-8/h5-8,13,17H,1-4H2. The highest BCUT2D eigenvalue weighted by Gasteiger charge is 2.41. The van der Waals surface area contributed by atoms with Crippen LogP contribution in [0.4, 0.5) is 5.69 Å². The third kappa shape index (κ3) is 2.67. The lowest BCUT2D eigenvalue weighted by molar-refractivity contribution is 0.568. The van der Waals surface area contributed by atoms with Gasteiger partial charge in [-0.3, -0.25) is 0 Å². The maximum atomic E-state index is 6.19. The molecule has 0 amide bonds. The molecule has 2 fully saturated rings. The topological polar surface area (TPSA) is 12.0 Å². The summed E-state index contributed by atoms with van der Waals surface area (Å²) in [6.07, 6.45) is 5.36. The van der Waals surface area contributed by atoms with Crippen LogP contribution in [0.1, 0.15) is 25.7 Å². The summed E-state index contributed by atoms with van der Waals surface area (Å²) in [5.74, 6) is 1.65. The van der Waals surface area contributed by atoms with E-state index in [2.05, 4.69) is 5.32 Å². The highest BCUT2D eigenvalue weighted by Crippen LogP contribution is 2.46. The van der Waals surface area contributed by atoms with Crippen LogP contribution in [0.2, 0.25) is 15.1 Å². The molecule has 0 spiro atoms. The minimum absolute atomic E-state index is 0.511. The molecule has 0 saturated heterocycles. The lowest BCUT2D eigenvalue weighted by Gasteiger charge is -2.20. The summed E-state index contributed by atoms with van der Waals surface area (Å²) in [5, 5.41) is 5.29. The summed E-state index contributed by atoms with van der Waals surface area (Å²) in [7, 11) is 0. The van der Waals surface area contributed by atoms with Crippen molar-refractivity contribution < 1.29 is 0 Å². The molecule has 0 unspecified atom stereocenters. The largest absolute Gasteiger partial charge is 0.381 e. The van der Waals surface area contributed by atoms with Gasteiger partial charge in [0.25, 0.3) is 0 Å². The van der Waals surface area contributed by atoms with Gasteiger partial charge in [0.05, 0.1) is 20.8 Å². The van der Waals surface area contributed by atoms with E-state index < -0.39 is 0 Å². The Morgan fingerprint density at radius 2 is 1.41 bits per heavy atom. The van der Waals surface area contributed by atoms with Gasteiger partial charge in [-0.2, -0.15) is 0 Å². The summed E-state index contributed by atoms with van der Waals surface area (Å²) in [5.41, 5.74) is 0.921. The molecule has 2 saturated carbocycles. The van der Waals surface area contributed by atoms with Gasteiger partial charge in [0, 0.05) is 6.04 Å². The summed E-state index contributed by atoms with van der Waals surface area (Å²) >= 11 is 18.1. The molecule has 2 aliphatic rings. The monoisotopic (exact) mass is 289 g/mol. The van der Waals surface area contributed by atoms with Gasteiger partial charge in [-0.15, -0.1) is 0 Å². The first-order chi connectivity index (χ1) is 8.15. The summed E-state index contributed by atoms with van der Waals surface area (Å²) in [6.45, 7) is 0. The van der Waals surface area contributed by atoms with Gasteiger partial charge >= 0.3 is 0 Å². The lowest BCUT2D eigenvalue weighted by atomic mass is 10.1. The number of hydrogen-bond donors (Lipinski definition) is 1. The second kappa shape index (κ2) is 4.53. The first-order valence-electron chi connectivity index (χ1n) is 6.06. The molecule has 92 valence electrons. The fraction of sp³-hybridized carbons (Fsp3) is 0.538. The van der Waals surface area contributed by atoms with Crippen LogP contribution in [-0.4, -0.2) is 6.04 Å². The van der Waals surface area contributed by atoms with Crippen LogP contribution >= 0.6 is 34.8 Å². The molecule has 0 aromatic heterocycles. The molecule has 2 aliphatic carbocycles. The SMILES string of the molecule is Clc1cc(Cl)c(NC(C2CC2)C2CC2)cc1Cl. The van der Waals surface area contributed by atoms with Gasteiger partial charge in [-0.1, -0.05) is 34.8 Å². The van der Waals surface area contributed by atoms with E-state index in [0.717, 1.165) is 17.5 Å². The predicted octanol–water partition coefficient (Wildman–Crippen LogP) is 5.25. The van der Waals surface area contributed by atoms with E-state index in [1.165, 1.54) is 25.7 Å². The Morgan fingerprint density at radius 1 is 0.882 bits per heavy atom. The molecule has 1 aromatic carbocycles. The number of nitrogens with one attached hydrogen (secondary N) is 1. The fourth-order valence-electron chi connectivity index (χ4n) is 2.34. The number of hydrogen-bond acceptors (Lipinski definition) is 1. The average Bonchev–Trinajstić information content (AvgIpc) is 3.15. The molecular weight excluding hydrogens is 277 g/mol. The molecule has 0 aliphatic heterocycles. The maximum absolute atomic E-state index is 6.19. The third-order valence-electron chi connectivity index (χ3n) is 3.59. The van der Waals surface area contributed by atoms with Crippen molar-refractivity contribution in [3.8, 4) is 0 Å². The average molecular weight is 291 g/mol. The first-order valence-corrected chi connectivity index (χ1v) is 7.19. The molecule has 0 atom stereocenters. The molecule has 3 rings (SSSR count). The molecular formula is C13H14Cl3N. The van der Waals surface area contributed by atoms with Crippen molar-refractivity contribution in [1.82, 2.24) is 0 Å². The Kier molecular flexibility index (Phi) is 3.18. The zero-order valence-electron chi connectivity index (χ0n) is 9.35. The van der Waals surface area contributed by atoms with E-state index in [9.17, 15) is 0 Å². The third-order valence-corrected chi connectivity index (χ3v) is 4.63. The predicted molar refractivity (Wildman–Crippen MR) is 74.3 cm³/mol. The molecule has 1 aromatic rings. The highest BCUT2D eigenvalue weighted by atomic mass is 35.5. The van der Waals surface area contributed by atoms with Crippen LogP contribution in [0.5, 0.6) is 0 Å². The van der Waals surface area contributed by atoms with Crippen LogP contribution in [-0.2, 0) is 0 Å². The van der Waals surface area contributed by atoms with Crippen molar-refractivity contribution in [2.24, 2.45) is 11.8 Å². The van der Waals surface area contributed by atoms with Crippen LogP contribution in [0.3, 0.4) is 0 Å². The van der Waals surface area contributed by atoms with E-state index in [0.29, 0.717) is 21.1 Å². The van der Waals surface area contributed by atoms with E-state index in [1.54, 1.807) is 6.07 Å². The summed E-state index contributed by atoms with van der Waals surface area (Å²) in [4.78, 5) is 0. The van der Waals surface area contributed by atoms with E-state index in [1.807, 2.05) is 6.07 Å². The van der Waals surface area contributed by atoms with E-state index in [-0.39, 0.29) is 0 Å². The Morgan fingerprint density at radius 3 is 1.94 bits per heavy atom. The van der Waals surface area contributed by atoms with Crippen molar-refractivity contribution in [3.05, 3.63) is 27.2 Å². The normalized spacial score (nSPS) is 19.8. The lowest BCUT2D eigenvalue weighted by Crippen LogP contribution is -2.24. The van der Waals surface area contributed by atoms with Crippen LogP contribution in [0.15, 0.2) is 12.1 Å². The smallest absolute Gasteiger partial charge is 0.0653 e. The van der Waals surface area contributed by atoms with Gasteiger partial charge < -0.3 is 5.32 Å². The van der Waals surface area contributed by atoms with Crippen molar-refractivity contribution in [3.63, 3.8) is 0 Å². The van der Waals surface area contributed by atoms with Crippen molar-refractivity contribution >= 4 is 40.5 Å². The van der Waals surface area contributed by atoms with Crippen LogP contribution < -0.4 is 5.32 Å². The van der Waals surface area contributed by atoms with E-state index >= 15 is 0 Å². The minimum Gasteiger partial charge on any atom is -0.381 e. The Balaban J connectivity index is 1.81. The van der Waals surface area contributed by atoms with E-state index in [4.69, 9.17) is 34.8 Å². The zero-order valence-corrected chi connectivity index (χ0v) is 11.6. The van der Waals surface area contributed by atoms with Crippen molar-refractivity contribution in [2.75, 3.05) is 5.32 Å². The number of halogens is 3. The van der Waals surface area contributed by atoms with Crippen molar-refractivity contribution in [1.29, 1.82) is 0 Å². The Labute approximate surface area is 116 Å². The van der Waals surface area contributed by atoms with Crippen molar-refractivity contribution in [2.45, 2.75) is 31.7 Å². The summed E-state index contributed by atoms with van der Waals surface area (Å²) in [6, 6.07) is 4.12. The second-order valence-corrected chi connectivity index (χ2v) is 6.31. The maximum Gasteiger partial charge on any atom is 0.0653 e. The van der Waals surface area contributed by atoms with Gasteiger partial charge in [0.2, 0.25) is 0 Å².